The van der Waals surface area contributed by atoms with Crippen LogP contribution in [-0.2, 0) is 27.9 Å². The van der Waals surface area contributed by atoms with Crippen LogP contribution < -0.4 is 5.32 Å². The lowest BCUT2D eigenvalue weighted by molar-refractivity contribution is -0.147. The van der Waals surface area contributed by atoms with Gasteiger partial charge in [-0.15, -0.1) is 0 Å². The molecular weight excluding hydrogens is 786 g/mol. The Labute approximate surface area is 376 Å². The summed E-state index contributed by atoms with van der Waals surface area (Å²) in [6.07, 6.45) is 54.0. The molecule has 0 aliphatic carbocycles. The minimum Gasteiger partial charge on any atom is -0.463 e. The lowest BCUT2D eigenvalue weighted by Crippen LogP contribution is -2.27. The molecule has 0 rings (SSSR count). The number of allylic oxidation sites excluding steroid dienone is 4. The Morgan fingerprint density at radius 3 is 1.34 bits per heavy atom. The Hall–Kier alpha value is -1.51. The Morgan fingerprint density at radius 1 is 0.508 bits per heavy atom. The molecule has 61 heavy (non-hydrogen) atoms. The van der Waals surface area contributed by atoms with Crippen LogP contribution in [0.5, 0.6) is 0 Å². The first kappa shape index (κ1) is 59.5. The van der Waals surface area contributed by atoms with Gasteiger partial charge in [0.2, 0.25) is 5.91 Å². The van der Waals surface area contributed by atoms with E-state index in [1.807, 2.05) is 0 Å². The molecule has 0 spiro atoms. The third-order valence-electron chi connectivity index (χ3n) is 11.4. The number of carbonyl (C=O) groups excluding carboxylic acids is 2. The number of hydrogen-bond donors (Lipinski definition) is 3. The van der Waals surface area contributed by atoms with Crippen molar-refractivity contribution in [3.05, 3.63) is 24.3 Å². The lowest BCUT2D eigenvalue weighted by atomic mass is 10.0. The van der Waals surface area contributed by atoms with Crippen LogP contribution in [0.3, 0.4) is 0 Å². The number of ether oxygens (including phenoxy) is 1. The van der Waals surface area contributed by atoms with E-state index in [0.29, 0.717) is 6.42 Å². The summed E-state index contributed by atoms with van der Waals surface area (Å²) in [5.74, 6) is -0.509. The van der Waals surface area contributed by atoms with E-state index >= 15 is 0 Å². The summed E-state index contributed by atoms with van der Waals surface area (Å²) in [7, 11) is -4.42. The average molecular weight is 884 g/mol. The second-order valence-corrected chi connectivity index (χ2v) is 19.0. The average Bonchev–Trinajstić information content (AvgIpc) is 3.25. The molecule has 1 amide bonds. The SMILES string of the molecule is CCCCC/C=C\C/C=C\CCCCCCCCCCCC(=O)NCCOP(=O)(O)OCC(O)COC(=O)CCCCCCCCCCCCCCCCCCCCCCC. The minimum atomic E-state index is -4.42. The first-order valence-electron chi connectivity index (χ1n) is 25.8. The maximum absolute atomic E-state index is 12.1. The smallest absolute Gasteiger partial charge is 0.463 e. The van der Waals surface area contributed by atoms with Crippen LogP contribution in [0, 0.1) is 0 Å². The summed E-state index contributed by atoms with van der Waals surface area (Å²) < 4.78 is 27.0. The molecule has 360 valence electrons. The molecule has 0 radical (unpaired) electrons. The molecule has 0 aromatic carbocycles. The van der Waals surface area contributed by atoms with Crippen molar-refractivity contribution in [1.82, 2.24) is 5.32 Å². The Balaban J connectivity index is 3.53. The molecule has 10 heteroatoms. The number of carbonyl (C=O) groups is 2. The van der Waals surface area contributed by atoms with Gasteiger partial charge in [-0.05, 0) is 44.9 Å². The maximum atomic E-state index is 12.1. The Bertz CT molecular complexity index is 1050. The number of hydrogen-bond acceptors (Lipinski definition) is 7. The quantitative estimate of drug-likeness (QED) is 0.0238. The van der Waals surface area contributed by atoms with Crippen molar-refractivity contribution in [2.75, 3.05) is 26.4 Å². The number of phosphoric ester groups is 1. The van der Waals surface area contributed by atoms with Crippen LogP contribution in [0.4, 0.5) is 0 Å². The molecule has 9 nitrogen and oxygen atoms in total. The van der Waals surface area contributed by atoms with Crippen LogP contribution in [-0.4, -0.2) is 54.3 Å². The van der Waals surface area contributed by atoms with Gasteiger partial charge in [0.15, 0.2) is 0 Å². The standard InChI is InChI=1S/C51H98NO8P/c1-3-5-7-9-11-13-15-17-19-21-23-24-26-28-30-32-34-36-38-40-42-44-51(55)58-47-49(53)48-60-61(56,57)59-46-45-52-50(54)43-41-39-37-35-33-31-29-27-25-22-20-18-16-14-12-10-8-6-4-2/h12,14,18,20,49,53H,3-11,13,15-17,19,21-48H2,1-2H3,(H,52,54)(H,56,57)/b14-12-,20-18-. The van der Waals surface area contributed by atoms with Crippen molar-refractivity contribution in [3.8, 4) is 0 Å². The number of amides is 1. The van der Waals surface area contributed by atoms with Gasteiger partial charge in [-0.3, -0.25) is 18.6 Å². The zero-order valence-electron chi connectivity index (χ0n) is 39.9. The molecule has 3 N–H and O–H groups in total. The summed E-state index contributed by atoms with van der Waals surface area (Å²) in [4.78, 5) is 34.1. The summed E-state index contributed by atoms with van der Waals surface area (Å²) in [5, 5.41) is 12.8. The highest BCUT2D eigenvalue weighted by molar-refractivity contribution is 7.47. The van der Waals surface area contributed by atoms with Gasteiger partial charge >= 0.3 is 13.8 Å². The van der Waals surface area contributed by atoms with E-state index in [-0.39, 0.29) is 32.1 Å². The molecule has 2 atom stereocenters. The van der Waals surface area contributed by atoms with Gasteiger partial charge < -0.3 is 20.1 Å². The molecule has 0 aromatic heterocycles. The van der Waals surface area contributed by atoms with Gasteiger partial charge in [0.1, 0.15) is 12.7 Å². The third kappa shape index (κ3) is 49.4. The first-order valence-corrected chi connectivity index (χ1v) is 27.3. The molecule has 0 heterocycles. The highest BCUT2D eigenvalue weighted by atomic mass is 31.2. The topological polar surface area (TPSA) is 131 Å². The second-order valence-electron chi connectivity index (χ2n) is 17.5. The summed E-state index contributed by atoms with van der Waals surface area (Å²) in [6, 6.07) is 0. The molecule has 0 fully saturated rings. The number of rotatable bonds is 49. The number of aliphatic hydroxyl groups excluding tert-OH is 1. The fourth-order valence-corrected chi connectivity index (χ4v) is 8.23. The highest BCUT2D eigenvalue weighted by Gasteiger charge is 2.23. The van der Waals surface area contributed by atoms with E-state index in [1.165, 1.54) is 186 Å². The van der Waals surface area contributed by atoms with Gasteiger partial charge in [0.25, 0.3) is 0 Å². The molecule has 0 saturated carbocycles. The van der Waals surface area contributed by atoms with Crippen molar-refractivity contribution in [1.29, 1.82) is 0 Å². The number of esters is 1. The predicted molar refractivity (Wildman–Crippen MR) is 257 cm³/mol. The number of unbranched alkanes of at least 4 members (excludes halogenated alkanes) is 32. The number of phosphoric acid groups is 1. The molecule has 0 bridgehead atoms. The molecule has 0 aliphatic rings. The first-order chi connectivity index (χ1) is 29.8. The fraction of sp³-hybridized carbons (Fsp3) is 0.882. The predicted octanol–water partition coefficient (Wildman–Crippen LogP) is 15.1. The van der Waals surface area contributed by atoms with Crippen LogP contribution in [0.1, 0.15) is 258 Å². The number of aliphatic hydroxyl groups is 1. The maximum Gasteiger partial charge on any atom is 0.472 e. The minimum absolute atomic E-state index is 0.0818. The monoisotopic (exact) mass is 884 g/mol. The summed E-state index contributed by atoms with van der Waals surface area (Å²) in [5.41, 5.74) is 0. The zero-order chi connectivity index (χ0) is 44.6. The zero-order valence-corrected chi connectivity index (χ0v) is 40.8. The third-order valence-corrected chi connectivity index (χ3v) is 12.4. The molecule has 0 aliphatic heterocycles. The molecule has 0 saturated heterocycles. The number of nitrogens with one attached hydrogen (secondary N) is 1. The largest absolute Gasteiger partial charge is 0.472 e. The van der Waals surface area contributed by atoms with Crippen molar-refractivity contribution in [3.63, 3.8) is 0 Å². The van der Waals surface area contributed by atoms with Crippen LogP contribution in [0.15, 0.2) is 24.3 Å². The lowest BCUT2D eigenvalue weighted by Gasteiger charge is -2.15. The second kappa shape index (κ2) is 48.0. The normalized spacial score (nSPS) is 13.3. The molecular formula is C51H98NO8P. The van der Waals surface area contributed by atoms with Gasteiger partial charge in [0, 0.05) is 19.4 Å². The van der Waals surface area contributed by atoms with Crippen molar-refractivity contribution >= 4 is 19.7 Å². The van der Waals surface area contributed by atoms with E-state index in [2.05, 4.69) is 43.5 Å². The molecule has 0 aromatic rings. The van der Waals surface area contributed by atoms with Gasteiger partial charge in [-0.2, -0.15) is 0 Å². The van der Waals surface area contributed by atoms with E-state index in [9.17, 15) is 24.2 Å². The van der Waals surface area contributed by atoms with E-state index in [0.717, 1.165) is 44.9 Å². The van der Waals surface area contributed by atoms with Crippen LogP contribution in [0.2, 0.25) is 0 Å². The van der Waals surface area contributed by atoms with Crippen molar-refractivity contribution < 1.29 is 37.9 Å². The highest BCUT2D eigenvalue weighted by Crippen LogP contribution is 2.42. The summed E-state index contributed by atoms with van der Waals surface area (Å²) in [6.45, 7) is 3.58. The van der Waals surface area contributed by atoms with E-state index in [1.54, 1.807) is 0 Å². The molecule has 2 unspecified atom stereocenters. The van der Waals surface area contributed by atoms with E-state index < -0.39 is 26.5 Å². The van der Waals surface area contributed by atoms with Crippen molar-refractivity contribution in [2.24, 2.45) is 0 Å². The Kier molecular flexibility index (Phi) is 46.8. The van der Waals surface area contributed by atoms with Gasteiger partial charge in [-0.1, -0.05) is 224 Å². The van der Waals surface area contributed by atoms with Gasteiger partial charge in [0.05, 0.1) is 13.2 Å². The fourth-order valence-electron chi connectivity index (χ4n) is 7.47. The van der Waals surface area contributed by atoms with Crippen LogP contribution >= 0.6 is 7.82 Å². The van der Waals surface area contributed by atoms with Crippen molar-refractivity contribution in [2.45, 2.75) is 264 Å². The van der Waals surface area contributed by atoms with E-state index in [4.69, 9.17) is 13.8 Å². The Morgan fingerprint density at radius 2 is 0.885 bits per heavy atom. The summed E-state index contributed by atoms with van der Waals surface area (Å²) >= 11 is 0. The van der Waals surface area contributed by atoms with Crippen LogP contribution in [0.25, 0.3) is 0 Å². The van der Waals surface area contributed by atoms with Gasteiger partial charge in [-0.25, -0.2) is 4.57 Å².